The Labute approximate surface area is 164 Å². The van der Waals surface area contributed by atoms with Gasteiger partial charge in [0.2, 0.25) is 0 Å². The summed E-state index contributed by atoms with van der Waals surface area (Å²) in [5.41, 5.74) is 1.93. The zero-order chi connectivity index (χ0) is 19.4. The van der Waals surface area contributed by atoms with Gasteiger partial charge in [0.25, 0.3) is 0 Å². The van der Waals surface area contributed by atoms with Gasteiger partial charge in [0.1, 0.15) is 28.5 Å². The van der Waals surface area contributed by atoms with E-state index in [4.69, 9.17) is 9.73 Å². The molecule has 144 valence electrons. The van der Waals surface area contributed by atoms with E-state index in [0.29, 0.717) is 24.0 Å². The summed E-state index contributed by atoms with van der Waals surface area (Å²) < 4.78 is 37.4. The second-order valence-corrected chi connectivity index (χ2v) is 8.01. The molecule has 0 radical (unpaired) electrons. The summed E-state index contributed by atoms with van der Waals surface area (Å²) in [6.07, 6.45) is 2.68. The molecule has 2 aromatic heterocycles. The summed E-state index contributed by atoms with van der Waals surface area (Å²) >= 11 is 1.47. The van der Waals surface area contributed by atoms with Crippen LogP contribution in [0.2, 0.25) is 0 Å². The van der Waals surface area contributed by atoms with E-state index in [1.165, 1.54) is 29.5 Å². The van der Waals surface area contributed by atoms with E-state index in [2.05, 4.69) is 10.2 Å². The van der Waals surface area contributed by atoms with E-state index < -0.39 is 17.7 Å². The highest BCUT2D eigenvalue weighted by molar-refractivity contribution is 7.17. The smallest absolute Gasteiger partial charge is 0.179 e. The number of hydrogen-bond acceptors (Lipinski definition) is 5. The van der Waals surface area contributed by atoms with Crippen molar-refractivity contribution in [3.05, 3.63) is 58.2 Å². The number of nitrogens with zero attached hydrogens (tertiary/aromatic N) is 4. The lowest BCUT2D eigenvalue weighted by Gasteiger charge is -2.12. The number of ether oxygens (including phenoxy) is 1. The first-order valence-corrected chi connectivity index (χ1v) is 10.1. The van der Waals surface area contributed by atoms with Gasteiger partial charge in [0, 0.05) is 11.1 Å². The number of aromatic nitrogens is 3. The van der Waals surface area contributed by atoms with Crippen LogP contribution in [0.15, 0.2) is 23.2 Å². The Morgan fingerprint density at radius 2 is 1.93 bits per heavy atom. The quantitative estimate of drug-likeness (QED) is 0.603. The van der Waals surface area contributed by atoms with Gasteiger partial charge in [0.15, 0.2) is 10.9 Å². The highest BCUT2D eigenvalue weighted by Gasteiger charge is 2.34. The van der Waals surface area contributed by atoms with Crippen molar-refractivity contribution in [2.45, 2.75) is 39.2 Å². The Hall–Kier alpha value is -2.61. The van der Waals surface area contributed by atoms with Crippen LogP contribution in [-0.4, -0.2) is 27.1 Å². The maximum Gasteiger partial charge on any atom is 0.179 e. The first-order valence-electron chi connectivity index (χ1n) is 9.29. The lowest BCUT2D eigenvalue weighted by Crippen LogP contribution is -2.12. The van der Waals surface area contributed by atoms with E-state index in [-0.39, 0.29) is 5.56 Å². The third-order valence-corrected chi connectivity index (χ3v) is 6.32. The monoisotopic (exact) mass is 400 g/mol. The van der Waals surface area contributed by atoms with Crippen molar-refractivity contribution < 1.29 is 13.5 Å². The molecule has 4 heterocycles. The largest absolute Gasteiger partial charge is 0.484 e. The summed E-state index contributed by atoms with van der Waals surface area (Å²) in [5.74, 6) is 0.119. The van der Waals surface area contributed by atoms with Crippen LogP contribution in [0.5, 0.6) is 5.06 Å². The number of fused-ring (bicyclic) bond motifs is 5. The van der Waals surface area contributed by atoms with Gasteiger partial charge in [-0.15, -0.1) is 10.2 Å². The van der Waals surface area contributed by atoms with Gasteiger partial charge >= 0.3 is 0 Å². The summed E-state index contributed by atoms with van der Waals surface area (Å²) in [6.45, 7) is 4.37. The second kappa shape index (κ2) is 6.48. The zero-order valence-corrected chi connectivity index (χ0v) is 16.3. The van der Waals surface area contributed by atoms with Gasteiger partial charge < -0.3 is 4.74 Å². The van der Waals surface area contributed by atoms with Crippen molar-refractivity contribution in [1.29, 1.82) is 0 Å². The van der Waals surface area contributed by atoms with Gasteiger partial charge in [0.05, 0.1) is 17.9 Å². The minimum Gasteiger partial charge on any atom is -0.484 e. The molecule has 0 spiro atoms. The molecule has 0 unspecified atom stereocenters. The molecule has 0 amide bonds. The Balaban J connectivity index is 1.87. The third kappa shape index (κ3) is 2.51. The predicted octanol–water partition coefficient (Wildman–Crippen LogP) is 4.54. The Kier molecular flexibility index (Phi) is 4.04. The van der Waals surface area contributed by atoms with Gasteiger partial charge in [-0.25, -0.2) is 8.78 Å². The van der Waals surface area contributed by atoms with Crippen LogP contribution in [-0.2, 0) is 6.42 Å². The Bertz CT molecular complexity index is 1100. The molecule has 1 atom stereocenters. The summed E-state index contributed by atoms with van der Waals surface area (Å²) in [6, 6.07) is 3.51. The third-order valence-electron chi connectivity index (χ3n) is 5.19. The van der Waals surface area contributed by atoms with E-state index >= 15 is 0 Å². The summed E-state index contributed by atoms with van der Waals surface area (Å²) in [5, 5.41) is 10.1. The fourth-order valence-electron chi connectivity index (χ4n) is 3.88. The number of aryl methyl sites for hydroxylation is 1. The van der Waals surface area contributed by atoms with Gasteiger partial charge in [-0.3, -0.25) is 9.56 Å². The number of rotatable bonds is 1. The fourth-order valence-corrected chi connectivity index (χ4v) is 5.16. The van der Waals surface area contributed by atoms with Crippen LogP contribution in [0.4, 0.5) is 8.78 Å². The maximum atomic E-state index is 14.8. The minimum atomic E-state index is -0.624. The van der Waals surface area contributed by atoms with E-state index in [0.717, 1.165) is 40.5 Å². The Morgan fingerprint density at radius 3 is 2.71 bits per heavy atom. The number of benzene rings is 1. The van der Waals surface area contributed by atoms with Crippen molar-refractivity contribution in [2.75, 3.05) is 6.61 Å². The second-order valence-electron chi connectivity index (χ2n) is 7.04. The minimum absolute atomic E-state index is 0.100. The molecule has 0 N–H and O–H groups in total. The molecule has 2 aliphatic rings. The van der Waals surface area contributed by atoms with Crippen molar-refractivity contribution in [2.24, 2.45) is 4.99 Å². The predicted molar refractivity (Wildman–Crippen MR) is 103 cm³/mol. The summed E-state index contributed by atoms with van der Waals surface area (Å²) in [7, 11) is 0. The van der Waals surface area contributed by atoms with Crippen LogP contribution >= 0.6 is 11.3 Å². The normalized spacial score (nSPS) is 18.3. The van der Waals surface area contributed by atoms with E-state index in [1.54, 1.807) is 0 Å². The molecule has 0 fully saturated rings. The zero-order valence-electron chi connectivity index (χ0n) is 15.5. The van der Waals surface area contributed by atoms with Gasteiger partial charge in [-0.1, -0.05) is 17.4 Å². The number of aliphatic imine (C=N–C) groups is 1. The molecule has 0 saturated heterocycles. The van der Waals surface area contributed by atoms with Crippen molar-refractivity contribution >= 4 is 17.0 Å². The van der Waals surface area contributed by atoms with Gasteiger partial charge in [-0.05, 0) is 45.2 Å². The van der Waals surface area contributed by atoms with Crippen molar-refractivity contribution in [1.82, 2.24) is 14.8 Å². The first kappa shape index (κ1) is 17.5. The fraction of sp³-hybridized carbons (Fsp3) is 0.350. The van der Waals surface area contributed by atoms with E-state index in [1.807, 2.05) is 18.4 Å². The topological polar surface area (TPSA) is 52.3 Å². The SMILES string of the molecule is Cc1nnc2n1-c1sc3c(c1C(c1c(F)cccc1F)=N[C@H]2C)CCCCO3. The first-order chi connectivity index (χ1) is 13.6. The van der Waals surface area contributed by atoms with Crippen LogP contribution in [0, 0.1) is 18.6 Å². The average molecular weight is 400 g/mol. The standard InChI is InChI=1S/C20H18F2N4OS/c1-10-18-25-24-11(2)26(18)19-15(12-6-3-4-9-27-20(12)28-19)17(23-10)16-13(21)7-5-8-14(16)22/h5,7-8,10H,3-4,6,9H2,1-2H3/t10-/m0/s1. The van der Waals surface area contributed by atoms with Crippen LogP contribution in [0.3, 0.4) is 0 Å². The lowest BCUT2D eigenvalue weighted by molar-refractivity contribution is 0.325. The number of halogens is 2. The van der Waals surface area contributed by atoms with Crippen LogP contribution < -0.4 is 4.74 Å². The van der Waals surface area contributed by atoms with Crippen molar-refractivity contribution in [3.8, 4) is 10.1 Å². The molecular weight excluding hydrogens is 382 g/mol. The molecule has 0 aliphatic carbocycles. The molecule has 5 rings (SSSR count). The van der Waals surface area contributed by atoms with Crippen LogP contribution in [0.25, 0.3) is 5.00 Å². The highest BCUT2D eigenvalue weighted by atomic mass is 32.1. The molecule has 0 saturated carbocycles. The van der Waals surface area contributed by atoms with Crippen LogP contribution in [0.1, 0.15) is 54.1 Å². The van der Waals surface area contributed by atoms with E-state index in [9.17, 15) is 8.78 Å². The lowest BCUT2D eigenvalue weighted by atomic mass is 9.96. The molecule has 28 heavy (non-hydrogen) atoms. The molecule has 3 aromatic rings. The van der Waals surface area contributed by atoms with Gasteiger partial charge in [-0.2, -0.15) is 0 Å². The molecule has 2 aliphatic heterocycles. The number of hydrogen-bond donors (Lipinski definition) is 0. The number of thiophene rings is 1. The molecule has 8 heteroatoms. The Morgan fingerprint density at radius 1 is 1.14 bits per heavy atom. The molecule has 0 bridgehead atoms. The highest BCUT2D eigenvalue weighted by Crippen LogP contribution is 2.45. The average Bonchev–Trinajstić information content (AvgIpc) is 3.08. The van der Waals surface area contributed by atoms with Crippen molar-refractivity contribution in [3.63, 3.8) is 0 Å². The summed E-state index contributed by atoms with van der Waals surface area (Å²) in [4.78, 5) is 4.74. The molecular formula is C20H18F2N4OS. The maximum absolute atomic E-state index is 14.8. The molecule has 5 nitrogen and oxygen atoms in total. The molecule has 1 aromatic carbocycles.